The number of para-hydroxylation sites is 1. The second kappa shape index (κ2) is 5.36. The Bertz CT molecular complexity index is 461. The summed E-state index contributed by atoms with van der Waals surface area (Å²) in [6.07, 6.45) is 3.32. The van der Waals surface area contributed by atoms with Crippen molar-refractivity contribution in [3.63, 3.8) is 0 Å². The van der Waals surface area contributed by atoms with E-state index in [1.807, 2.05) is 6.07 Å². The molecule has 0 saturated heterocycles. The van der Waals surface area contributed by atoms with E-state index in [-0.39, 0.29) is 5.41 Å². The van der Waals surface area contributed by atoms with Crippen LogP contribution in [0.15, 0.2) is 24.3 Å². The van der Waals surface area contributed by atoms with Crippen LogP contribution in [0.3, 0.4) is 0 Å². The Morgan fingerprint density at radius 1 is 1.35 bits per heavy atom. The molecule has 0 N–H and O–H groups in total. The summed E-state index contributed by atoms with van der Waals surface area (Å²) in [5.41, 5.74) is 1.30. The fourth-order valence-corrected chi connectivity index (χ4v) is 3.58. The maximum atomic E-state index is 6.11. The van der Waals surface area contributed by atoms with E-state index in [0.29, 0.717) is 5.88 Å². The zero-order chi connectivity index (χ0) is 12.3. The van der Waals surface area contributed by atoms with Crippen LogP contribution in [0.2, 0.25) is 0 Å². The van der Waals surface area contributed by atoms with Gasteiger partial charge in [0.2, 0.25) is 0 Å². The fourth-order valence-electron chi connectivity index (χ4n) is 2.17. The van der Waals surface area contributed by atoms with Crippen LogP contribution >= 0.6 is 22.9 Å². The quantitative estimate of drug-likeness (QED) is 0.704. The van der Waals surface area contributed by atoms with Crippen molar-refractivity contribution in [2.75, 3.05) is 5.88 Å². The largest absolute Gasteiger partial charge is 0.241 e. The average molecular weight is 268 g/mol. The van der Waals surface area contributed by atoms with Gasteiger partial charge in [0.25, 0.3) is 0 Å². The number of thiazole rings is 1. The minimum Gasteiger partial charge on any atom is -0.241 e. The van der Waals surface area contributed by atoms with Crippen molar-refractivity contribution in [3.05, 3.63) is 29.3 Å². The summed E-state index contributed by atoms with van der Waals surface area (Å²) in [4.78, 5) is 4.69. The number of nitrogens with zero attached hydrogens (tertiary/aromatic N) is 1. The van der Waals surface area contributed by atoms with E-state index in [9.17, 15) is 0 Å². The Morgan fingerprint density at radius 3 is 2.76 bits per heavy atom. The van der Waals surface area contributed by atoms with E-state index >= 15 is 0 Å². The number of halogens is 1. The Morgan fingerprint density at radius 2 is 2.12 bits per heavy atom. The minimum atomic E-state index is 0.185. The monoisotopic (exact) mass is 267 g/mol. The summed E-state index contributed by atoms with van der Waals surface area (Å²) >= 11 is 7.91. The zero-order valence-electron chi connectivity index (χ0n) is 10.4. The lowest BCUT2D eigenvalue weighted by Gasteiger charge is -2.25. The Kier molecular flexibility index (Phi) is 4.05. The highest BCUT2D eigenvalue weighted by Crippen LogP contribution is 2.32. The van der Waals surface area contributed by atoms with Gasteiger partial charge in [-0.05, 0) is 24.0 Å². The SMILES string of the molecule is CCCC(C)(CCl)Cc1nc2ccccc2s1. The summed E-state index contributed by atoms with van der Waals surface area (Å²) in [7, 11) is 0. The highest BCUT2D eigenvalue weighted by Gasteiger charge is 2.24. The standard InChI is InChI=1S/C14H18ClNS/c1-3-8-14(2,10-15)9-13-16-11-6-4-5-7-12(11)17-13/h4-7H,3,8-10H2,1-2H3. The van der Waals surface area contributed by atoms with Gasteiger partial charge in [0.1, 0.15) is 0 Å². The molecule has 0 fully saturated rings. The second-order valence-electron chi connectivity index (χ2n) is 4.95. The molecular formula is C14H18ClNS. The van der Waals surface area contributed by atoms with Crippen molar-refractivity contribution in [1.29, 1.82) is 0 Å². The molecule has 0 aliphatic carbocycles. The van der Waals surface area contributed by atoms with Gasteiger partial charge in [0.05, 0.1) is 15.2 Å². The lowest BCUT2D eigenvalue weighted by atomic mass is 9.85. The summed E-state index contributed by atoms with van der Waals surface area (Å²) in [5, 5.41) is 1.21. The highest BCUT2D eigenvalue weighted by atomic mass is 35.5. The number of aromatic nitrogens is 1. The first-order chi connectivity index (χ1) is 8.17. The average Bonchev–Trinajstić information content (AvgIpc) is 2.71. The number of hydrogen-bond donors (Lipinski definition) is 0. The van der Waals surface area contributed by atoms with Crippen molar-refractivity contribution in [1.82, 2.24) is 4.98 Å². The van der Waals surface area contributed by atoms with Crippen LogP contribution in [0.4, 0.5) is 0 Å². The van der Waals surface area contributed by atoms with Crippen molar-refractivity contribution in [2.24, 2.45) is 5.41 Å². The molecule has 0 amide bonds. The lowest BCUT2D eigenvalue weighted by Crippen LogP contribution is -2.21. The van der Waals surface area contributed by atoms with Gasteiger partial charge < -0.3 is 0 Å². The summed E-state index contributed by atoms with van der Waals surface area (Å²) in [6, 6.07) is 8.32. The van der Waals surface area contributed by atoms with Crippen molar-refractivity contribution < 1.29 is 0 Å². The molecule has 1 heterocycles. The molecule has 2 aromatic rings. The molecule has 1 unspecified atom stereocenters. The summed E-state index contributed by atoms with van der Waals surface area (Å²) < 4.78 is 1.27. The zero-order valence-corrected chi connectivity index (χ0v) is 11.9. The first kappa shape index (κ1) is 12.8. The predicted molar refractivity (Wildman–Crippen MR) is 77.1 cm³/mol. The molecule has 3 heteroatoms. The number of fused-ring (bicyclic) bond motifs is 1. The van der Waals surface area contributed by atoms with Gasteiger partial charge in [-0.2, -0.15) is 0 Å². The lowest BCUT2D eigenvalue weighted by molar-refractivity contribution is 0.335. The van der Waals surface area contributed by atoms with E-state index in [1.165, 1.54) is 16.1 Å². The number of rotatable bonds is 5. The molecule has 0 aliphatic heterocycles. The molecule has 0 spiro atoms. The molecule has 1 nitrogen and oxygen atoms in total. The molecule has 1 aromatic heterocycles. The molecule has 0 aliphatic rings. The third kappa shape index (κ3) is 2.99. The maximum absolute atomic E-state index is 6.11. The van der Waals surface area contributed by atoms with Crippen LogP contribution in [0.5, 0.6) is 0 Å². The smallest absolute Gasteiger partial charge is 0.0944 e. The third-order valence-corrected chi connectivity index (χ3v) is 4.77. The Hall–Kier alpha value is -0.600. The fraction of sp³-hybridized carbons (Fsp3) is 0.500. The predicted octanol–water partition coefficient (Wildman–Crippen LogP) is 4.88. The molecule has 92 valence electrons. The minimum absolute atomic E-state index is 0.185. The van der Waals surface area contributed by atoms with Crippen LogP contribution < -0.4 is 0 Å². The summed E-state index contributed by atoms with van der Waals surface area (Å²) in [6.45, 7) is 4.47. The Balaban J connectivity index is 2.22. The second-order valence-corrected chi connectivity index (χ2v) is 6.33. The molecular weight excluding hydrogens is 250 g/mol. The number of alkyl halides is 1. The van der Waals surface area contributed by atoms with E-state index in [4.69, 9.17) is 11.6 Å². The van der Waals surface area contributed by atoms with Gasteiger partial charge in [0, 0.05) is 12.3 Å². The molecule has 1 aromatic carbocycles. The van der Waals surface area contributed by atoms with Crippen LogP contribution in [-0.2, 0) is 6.42 Å². The number of hydrogen-bond acceptors (Lipinski definition) is 2. The van der Waals surface area contributed by atoms with E-state index in [1.54, 1.807) is 11.3 Å². The molecule has 17 heavy (non-hydrogen) atoms. The van der Waals surface area contributed by atoms with Gasteiger partial charge in [-0.1, -0.05) is 32.4 Å². The number of benzene rings is 1. The molecule has 1 atom stereocenters. The molecule has 2 rings (SSSR count). The van der Waals surface area contributed by atoms with Gasteiger partial charge in [-0.15, -0.1) is 22.9 Å². The molecule has 0 saturated carbocycles. The summed E-state index contributed by atoms with van der Waals surface area (Å²) in [5.74, 6) is 0.705. The highest BCUT2D eigenvalue weighted by molar-refractivity contribution is 7.18. The first-order valence-corrected chi connectivity index (χ1v) is 7.42. The first-order valence-electron chi connectivity index (χ1n) is 6.07. The maximum Gasteiger partial charge on any atom is 0.0944 e. The Labute approximate surface area is 112 Å². The van der Waals surface area contributed by atoms with Crippen LogP contribution in [0.1, 0.15) is 31.7 Å². The van der Waals surface area contributed by atoms with Gasteiger partial charge >= 0.3 is 0 Å². The van der Waals surface area contributed by atoms with E-state index < -0.39 is 0 Å². The van der Waals surface area contributed by atoms with E-state index in [2.05, 4.69) is 37.0 Å². The van der Waals surface area contributed by atoms with Crippen molar-refractivity contribution in [2.45, 2.75) is 33.1 Å². The molecule has 0 bridgehead atoms. The van der Waals surface area contributed by atoms with Crippen LogP contribution in [-0.4, -0.2) is 10.9 Å². The normalized spacial score (nSPS) is 15.0. The van der Waals surface area contributed by atoms with Crippen molar-refractivity contribution >= 4 is 33.2 Å². The van der Waals surface area contributed by atoms with Gasteiger partial charge in [0.15, 0.2) is 0 Å². The van der Waals surface area contributed by atoms with E-state index in [0.717, 1.165) is 18.4 Å². The third-order valence-electron chi connectivity index (χ3n) is 3.09. The topological polar surface area (TPSA) is 12.9 Å². The van der Waals surface area contributed by atoms with Gasteiger partial charge in [-0.3, -0.25) is 0 Å². The molecule has 0 radical (unpaired) electrons. The van der Waals surface area contributed by atoms with Crippen molar-refractivity contribution in [3.8, 4) is 0 Å². The van der Waals surface area contributed by atoms with Gasteiger partial charge in [-0.25, -0.2) is 4.98 Å². The van der Waals surface area contributed by atoms with Crippen LogP contribution in [0, 0.1) is 5.41 Å². The van der Waals surface area contributed by atoms with Crippen LogP contribution in [0.25, 0.3) is 10.2 Å².